The summed E-state index contributed by atoms with van der Waals surface area (Å²) < 4.78 is 1.86. The Labute approximate surface area is 173 Å². The molecule has 0 saturated heterocycles. The molecule has 0 saturated carbocycles. The summed E-state index contributed by atoms with van der Waals surface area (Å²) in [6.07, 6.45) is 1.99. The molecule has 0 amide bonds. The minimum absolute atomic E-state index is 0.763. The van der Waals surface area contributed by atoms with Gasteiger partial charge in [-0.3, -0.25) is 0 Å². The first-order chi connectivity index (χ1) is 14.4. The van der Waals surface area contributed by atoms with Crippen LogP contribution in [0.4, 0.5) is 0 Å². The van der Waals surface area contributed by atoms with Crippen LogP contribution in [-0.2, 0) is 0 Å². The Bertz CT molecular complexity index is 1270. The average Bonchev–Trinajstić information content (AvgIpc) is 3.22. The summed E-state index contributed by atoms with van der Waals surface area (Å²) in [6.45, 7) is 0. The molecular formula is C24H18N4S. The third-order valence-corrected chi connectivity index (χ3v) is 5.50. The van der Waals surface area contributed by atoms with Gasteiger partial charge in [0.05, 0.1) is 5.69 Å². The lowest BCUT2D eigenvalue weighted by Gasteiger charge is -2.16. The second kappa shape index (κ2) is 7.53. The lowest BCUT2D eigenvalue weighted by molar-refractivity contribution is 0.816. The van der Waals surface area contributed by atoms with Crippen LogP contribution < -0.4 is 0 Å². The zero-order chi connectivity index (χ0) is 19.6. The smallest absolute Gasteiger partial charge is 0.186 e. The molecule has 0 N–H and O–H groups in total. The van der Waals surface area contributed by atoms with Crippen molar-refractivity contribution in [2.45, 2.75) is 5.16 Å². The molecule has 0 radical (unpaired) electrons. The molecule has 0 bridgehead atoms. The van der Waals surface area contributed by atoms with E-state index in [9.17, 15) is 0 Å². The summed E-state index contributed by atoms with van der Waals surface area (Å²) >= 11 is 1.54. The third kappa shape index (κ3) is 3.09. The first kappa shape index (κ1) is 17.6. The van der Waals surface area contributed by atoms with Crippen LogP contribution >= 0.6 is 11.8 Å². The largest absolute Gasteiger partial charge is 0.212 e. The highest BCUT2D eigenvalue weighted by atomic mass is 32.2. The van der Waals surface area contributed by atoms with Crippen molar-refractivity contribution < 1.29 is 0 Å². The zero-order valence-corrected chi connectivity index (χ0v) is 16.7. The summed E-state index contributed by atoms with van der Waals surface area (Å²) in [4.78, 5) is 0. The molecule has 140 valence electrons. The Kier molecular flexibility index (Phi) is 4.58. The monoisotopic (exact) mass is 394 g/mol. The maximum absolute atomic E-state index is 5.01. The van der Waals surface area contributed by atoms with E-state index in [-0.39, 0.29) is 0 Å². The van der Waals surface area contributed by atoms with Crippen LogP contribution in [0.25, 0.3) is 39.2 Å². The Hall–Kier alpha value is -3.44. The van der Waals surface area contributed by atoms with Crippen LogP contribution in [0, 0.1) is 0 Å². The van der Waals surface area contributed by atoms with Crippen molar-refractivity contribution in [3.63, 3.8) is 0 Å². The van der Waals surface area contributed by atoms with E-state index in [4.69, 9.17) is 5.10 Å². The van der Waals surface area contributed by atoms with Gasteiger partial charge in [0.1, 0.15) is 0 Å². The second-order valence-electron chi connectivity index (χ2n) is 6.62. The number of hydrogen-bond donors (Lipinski definition) is 0. The number of thioether (sulfide) groups is 1. The highest BCUT2D eigenvalue weighted by molar-refractivity contribution is 7.98. The van der Waals surface area contributed by atoms with Crippen LogP contribution in [-0.4, -0.2) is 26.1 Å². The fourth-order valence-electron chi connectivity index (χ4n) is 3.58. The summed E-state index contributed by atoms with van der Waals surface area (Å²) in [5.74, 6) is 0. The minimum atomic E-state index is 0.763. The Balaban J connectivity index is 1.97. The molecule has 0 aliphatic rings. The Morgan fingerprint density at radius 2 is 1.14 bits per heavy atom. The van der Waals surface area contributed by atoms with Crippen LogP contribution in [0.5, 0.6) is 0 Å². The van der Waals surface area contributed by atoms with Crippen LogP contribution in [0.1, 0.15) is 0 Å². The number of nitrogens with zero attached hydrogens (tertiary/aromatic N) is 4. The predicted molar refractivity (Wildman–Crippen MR) is 119 cm³/mol. The summed E-state index contributed by atoms with van der Waals surface area (Å²) in [5.41, 5.74) is 7.04. The van der Waals surface area contributed by atoms with Crippen molar-refractivity contribution >= 4 is 17.4 Å². The first-order valence-corrected chi connectivity index (χ1v) is 10.6. The number of fused-ring (bicyclic) bond motifs is 1. The number of hydrogen-bond acceptors (Lipinski definition) is 4. The van der Waals surface area contributed by atoms with Gasteiger partial charge >= 0.3 is 0 Å². The van der Waals surface area contributed by atoms with Gasteiger partial charge in [-0.05, 0) is 17.4 Å². The van der Waals surface area contributed by atoms with E-state index >= 15 is 0 Å². The molecule has 5 heteroatoms. The van der Waals surface area contributed by atoms with Gasteiger partial charge in [0.25, 0.3) is 0 Å². The van der Waals surface area contributed by atoms with E-state index < -0.39 is 0 Å². The number of aromatic nitrogens is 4. The van der Waals surface area contributed by atoms with E-state index in [1.807, 2.05) is 41.1 Å². The lowest BCUT2D eigenvalue weighted by Crippen LogP contribution is -2.03. The van der Waals surface area contributed by atoms with Gasteiger partial charge in [-0.1, -0.05) is 103 Å². The fourth-order valence-corrected chi connectivity index (χ4v) is 4.00. The van der Waals surface area contributed by atoms with Crippen molar-refractivity contribution in [3.8, 4) is 33.5 Å². The van der Waals surface area contributed by atoms with Gasteiger partial charge in [-0.2, -0.15) is 9.61 Å². The Morgan fingerprint density at radius 1 is 0.621 bits per heavy atom. The van der Waals surface area contributed by atoms with Crippen LogP contribution in [0.15, 0.2) is 96.2 Å². The van der Waals surface area contributed by atoms with Crippen molar-refractivity contribution in [1.29, 1.82) is 0 Å². The highest BCUT2D eigenvalue weighted by Gasteiger charge is 2.22. The minimum Gasteiger partial charge on any atom is -0.186 e. The quantitative estimate of drug-likeness (QED) is 0.359. The van der Waals surface area contributed by atoms with Crippen molar-refractivity contribution in [3.05, 3.63) is 91.0 Å². The molecule has 5 aromatic rings. The summed E-state index contributed by atoms with van der Waals surface area (Å²) in [6, 6.07) is 31.0. The van der Waals surface area contributed by atoms with E-state index in [0.29, 0.717) is 0 Å². The molecule has 0 aliphatic carbocycles. The first-order valence-electron chi connectivity index (χ1n) is 9.36. The number of benzene rings is 3. The van der Waals surface area contributed by atoms with Crippen LogP contribution in [0.3, 0.4) is 0 Å². The van der Waals surface area contributed by atoms with E-state index in [1.165, 1.54) is 0 Å². The van der Waals surface area contributed by atoms with E-state index in [0.717, 1.165) is 44.3 Å². The molecule has 3 aromatic carbocycles. The molecule has 0 spiro atoms. The molecule has 4 nitrogen and oxygen atoms in total. The standard InChI is InChI=1S/C24H18N4S/c1-29-24-26-25-23-21(18-13-7-3-8-14-18)20(17-11-5-2-6-12-17)22(27-28(23)24)19-15-9-4-10-16-19/h2-16H,1H3. The highest BCUT2D eigenvalue weighted by Crippen LogP contribution is 2.41. The van der Waals surface area contributed by atoms with Gasteiger partial charge in [0.15, 0.2) is 5.65 Å². The summed E-state index contributed by atoms with van der Waals surface area (Å²) in [7, 11) is 0. The molecule has 5 rings (SSSR count). The van der Waals surface area contributed by atoms with Crippen LogP contribution in [0.2, 0.25) is 0 Å². The normalized spacial score (nSPS) is 11.1. The SMILES string of the molecule is CSc1nnc2c(-c3ccccc3)c(-c3ccccc3)c(-c3ccccc3)nn12. The molecule has 2 heterocycles. The molecule has 0 fully saturated rings. The van der Waals surface area contributed by atoms with E-state index in [1.54, 1.807) is 11.8 Å². The predicted octanol–water partition coefficient (Wildman–Crippen LogP) is 5.85. The zero-order valence-electron chi connectivity index (χ0n) is 15.9. The van der Waals surface area contributed by atoms with Gasteiger partial charge in [-0.25, -0.2) is 0 Å². The topological polar surface area (TPSA) is 43.1 Å². The molecule has 2 aromatic heterocycles. The van der Waals surface area contributed by atoms with Crippen molar-refractivity contribution in [1.82, 2.24) is 19.8 Å². The molecule has 29 heavy (non-hydrogen) atoms. The van der Waals surface area contributed by atoms with Gasteiger partial charge in [-0.15, -0.1) is 10.2 Å². The molecular weight excluding hydrogens is 376 g/mol. The third-order valence-electron chi connectivity index (χ3n) is 4.88. The second-order valence-corrected chi connectivity index (χ2v) is 7.39. The van der Waals surface area contributed by atoms with Gasteiger partial charge in [0, 0.05) is 16.7 Å². The maximum Gasteiger partial charge on any atom is 0.212 e. The van der Waals surface area contributed by atoms with Gasteiger partial charge in [0.2, 0.25) is 5.16 Å². The fraction of sp³-hybridized carbons (Fsp3) is 0.0417. The molecule has 0 unspecified atom stereocenters. The van der Waals surface area contributed by atoms with E-state index in [2.05, 4.69) is 70.9 Å². The van der Waals surface area contributed by atoms with Crippen molar-refractivity contribution in [2.24, 2.45) is 0 Å². The Morgan fingerprint density at radius 3 is 1.69 bits per heavy atom. The summed E-state index contributed by atoms with van der Waals surface area (Å²) in [5, 5.41) is 14.7. The lowest BCUT2D eigenvalue weighted by atomic mass is 9.92. The maximum atomic E-state index is 5.01. The van der Waals surface area contributed by atoms with Crippen molar-refractivity contribution in [2.75, 3.05) is 6.26 Å². The average molecular weight is 395 g/mol. The number of rotatable bonds is 4. The molecule has 0 atom stereocenters. The molecule has 0 aliphatic heterocycles. The van der Waals surface area contributed by atoms with Gasteiger partial charge < -0.3 is 0 Å².